The molecule has 0 bridgehead atoms. The number of carbonyl (C=O) groups is 3. The zero-order valence-electron chi connectivity index (χ0n) is 20.5. The number of ether oxygens (including phenoxy) is 1. The number of fused-ring (bicyclic) bond motifs is 2. The summed E-state index contributed by atoms with van der Waals surface area (Å²) < 4.78 is 5.74. The summed E-state index contributed by atoms with van der Waals surface area (Å²) in [6.07, 6.45) is 2.35. The lowest BCUT2D eigenvalue weighted by Crippen LogP contribution is -2.59. The highest BCUT2D eigenvalue weighted by Crippen LogP contribution is 2.54. The average molecular weight is 499 g/mol. The fraction of sp³-hybridized carbons (Fsp3) is 0.300. The van der Waals surface area contributed by atoms with Gasteiger partial charge in [0.2, 0.25) is 0 Å². The first-order valence-corrected chi connectivity index (χ1v) is 12.6. The Morgan fingerprint density at radius 3 is 2.35 bits per heavy atom. The molecule has 2 N–H and O–H groups in total. The van der Waals surface area contributed by atoms with Crippen molar-refractivity contribution in [2.75, 3.05) is 10.2 Å². The fourth-order valence-electron chi connectivity index (χ4n) is 6.15. The number of carboxylic acids is 1. The maximum atomic E-state index is 13.5. The van der Waals surface area contributed by atoms with E-state index in [0.29, 0.717) is 17.7 Å². The van der Waals surface area contributed by atoms with E-state index in [1.165, 1.54) is 0 Å². The number of para-hydroxylation sites is 2. The van der Waals surface area contributed by atoms with Gasteiger partial charge in [-0.15, -0.1) is 0 Å². The molecule has 1 heterocycles. The lowest BCUT2D eigenvalue weighted by atomic mass is 9.65. The molecule has 190 valence electrons. The van der Waals surface area contributed by atoms with E-state index in [1.54, 1.807) is 17.0 Å². The molecule has 0 aromatic heterocycles. The lowest BCUT2D eigenvalue weighted by molar-refractivity contribution is -0.145. The third-order valence-corrected chi connectivity index (χ3v) is 7.68. The number of rotatable bonds is 8. The van der Waals surface area contributed by atoms with Crippen molar-refractivity contribution < 1.29 is 24.2 Å². The largest absolute Gasteiger partial charge is 0.479 e. The van der Waals surface area contributed by atoms with Crippen LogP contribution in [0.5, 0.6) is 0 Å². The Bertz CT molecular complexity index is 1270. The molecule has 0 radical (unpaired) electrons. The van der Waals surface area contributed by atoms with E-state index in [1.807, 2.05) is 72.8 Å². The van der Waals surface area contributed by atoms with Crippen molar-refractivity contribution in [3.05, 3.63) is 96.1 Å². The minimum absolute atomic E-state index is 0.152. The maximum Gasteiger partial charge on any atom is 0.414 e. The van der Waals surface area contributed by atoms with Crippen LogP contribution >= 0.6 is 0 Å². The summed E-state index contributed by atoms with van der Waals surface area (Å²) in [5.74, 6) is -1.78. The molecule has 1 aliphatic heterocycles. The van der Waals surface area contributed by atoms with Gasteiger partial charge in [-0.3, -0.25) is 4.90 Å². The summed E-state index contributed by atoms with van der Waals surface area (Å²) in [6.45, 7) is 0.152. The molecule has 4 atom stereocenters. The zero-order chi connectivity index (χ0) is 25.8. The molecule has 1 saturated carbocycles. The van der Waals surface area contributed by atoms with Gasteiger partial charge in [0.1, 0.15) is 18.4 Å². The molecule has 3 aromatic carbocycles. The quantitative estimate of drug-likeness (QED) is 0.392. The average Bonchev–Trinajstić information content (AvgIpc) is 3.40. The van der Waals surface area contributed by atoms with E-state index in [0.717, 1.165) is 30.4 Å². The molecule has 7 heteroatoms. The van der Waals surface area contributed by atoms with E-state index >= 15 is 0 Å². The van der Waals surface area contributed by atoms with Gasteiger partial charge in [-0.05, 0) is 48.1 Å². The molecule has 4 unspecified atom stereocenters. The Morgan fingerprint density at radius 2 is 1.65 bits per heavy atom. The van der Waals surface area contributed by atoms with Crippen LogP contribution in [0.1, 0.15) is 42.7 Å². The SMILES string of the molecule is O=CCC(Nc1ccccc1)(C(=O)O)C1c2ccccc2N(C(=O)OCc2ccccc2)C2CCCC21. The topological polar surface area (TPSA) is 95.9 Å². The summed E-state index contributed by atoms with van der Waals surface area (Å²) in [5.41, 5.74) is 1.32. The Kier molecular flexibility index (Phi) is 6.95. The second-order valence-corrected chi connectivity index (χ2v) is 9.75. The molecule has 37 heavy (non-hydrogen) atoms. The number of carbonyl (C=O) groups excluding carboxylic acids is 2. The number of amides is 1. The summed E-state index contributed by atoms with van der Waals surface area (Å²) in [7, 11) is 0. The van der Waals surface area contributed by atoms with E-state index in [4.69, 9.17) is 4.74 Å². The highest BCUT2D eigenvalue weighted by molar-refractivity contribution is 5.93. The van der Waals surface area contributed by atoms with Gasteiger partial charge in [0.15, 0.2) is 0 Å². The van der Waals surface area contributed by atoms with Crippen LogP contribution in [0.3, 0.4) is 0 Å². The molecule has 0 spiro atoms. The number of aldehydes is 1. The van der Waals surface area contributed by atoms with Crippen LogP contribution in [0, 0.1) is 5.92 Å². The molecule has 5 rings (SSSR count). The van der Waals surface area contributed by atoms with Crippen molar-refractivity contribution in [2.45, 2.75) is 49.8 Å². The van der Waals surface area contributed by atoms with Crippen LogP contribution < -0.4 is 10.2 Å². The van der Waals surface area contributed by atoms with Crippen LogP contribution in [-0.4, -0.2) is 35.0 Å². The molecule has 1 fully saturated rings. The Labute approximate surface area is 216 Å². The molecule has 3 aromatic rings. The van der Waals surface area contributed by atoms with Crippen LogP contribution in [0.4, 0.5) is 16.2 Å². The zero-order valence-corrected chi connectivity index (χ0v) is 20.5. The highest BCUT2D eigenvalue weighted by Gasteiger charge is 2.57. The number of nitrogens with one attached hydrogen (secondary N) is 1. The molecule has 1 aliphatic carbocycles. The maximum absolute atomic E-state index is 13.5. The van der Waals surface area contributed by atoms with Crippen molar-refractivity contribution in [1.82, 2.24) is 0 Å². The van der Waals surface area contributed by atoms with E-state index in [2.05, 4.69) is 5.32 Å². The van der Waals surface area contributed by atoms with Crippen molar-refractivity contribution in [2.24, 2.45) is 5.92 Å². The molecular formula is C30H30N2O5. The standard InChI is InChI=1S/C30H30N2O5/c33-19-18-30(28(34)35,31-22-12-5-2-6-13-22)27-23-14-7-8-16-25(23)32(26-17-9-15-24(26)27)29(36)37-20-21-10-3-1-4-11-21/h1-8,10-14,16,19,24,26-27,31H,9,15,17-18,20H2,(H,34,35). The van der Waals surface area contributed by atoms with Crippen molar-refractivity contribution in [1.29, 1.82) is 0 Å². The number of hydrogen-bond acceptors (Lipinski definition) is 5. The Hall–Kier alpha value is -4.13. The van der Waals surface area contributed by atoms with E-state index < -0.39 is 23.5 Å². The Balaban J connectivity index is 1.57. The van der Waals surface area contributed by atoms with Gasteiger partial charge in [-0.25, -0.2) is 9.59 Å². The molecule has 0 saturated heterocycles. The smallest absolute Gasteiger partial charge is 0.414 e. The minimum Gasteiger partial charge on any atom is -0.479 e. The molecule has 7 nitrogen and oxygen atoms in total. The lowest BCUT2D eigenvalue weighted by Gasteiger charge is -2.49. The van der Waals surface area contributed by atoms with Gasteiger partial charge in [-0.1, -0.05) is 73.2 Å². The summed E-state index contributed by atoms with van der Waals surface area (Å²) in [6, 6.07) is 25.8. The van der Waals surface area contributed by atoms with E-state index in [9.17, 15) is 19.5 Å². The summed E-state index contributed by atoms with van der Waals surface area (Å²) in [5, 5.41) is 13.9. The molecular weight excluding hydrogens is 468 g/mol. The monoisotopic (exact) mass is 498 g/mol. The van der Waals surface area contributed by atoms with Crippen molar-refractivity contribution >= 4 is 29.7 Å². The van der Waals surface area contributed by atoms with Crippen LogP contribution in [0.2, 0.25) is 0 Å². The van der Waals surface area contributed by atoms with Gasteiger partial charge >= 0.3 is 12.1 Å². The number of nitrogens with zero attached hydrogens (tertiary/aromatic N) is 1. The predicted molar refractivity (Wildman–Crippen MR) is 141 cm³/mol. The first kappa shape index (κ1) is 24.6. The van der Waals surface area contributed by atoms with Gasteiger partial charge in [0.25, 0.3) is 0 Å². The predicted octanol–water partition coefficient (Wildman–Crippen LogP) is 5.62. The van der Waals surface area contributed by atoms with E-state index in [-0.39, 0.29) is 25.0 Å². The summed E-state index contributed by atoms with van der Waals surface area (Å²) >= 11 is 0. The first-order chi connectivity index (χ1) is 18.0. The number of benzene rings is 3. The third kappa shape index (κ3) is 4.57. The number of carboxylic acid groups (broad SMARTS) is 1. The number of aliphatic carboxylic acids is 1. The van der Waals surface area contributed by atoms with Crippen LogP contribution in [0.25, 0.3) is 0 Å². The molecule has 1 amide bonds. The highest BCUT2D eigenvalue weighted by atomic mass is 16.6. The molecule has 2 aliphatic rings. The van der Waals surface area contributed by atoms with Gasteiger partial charge in [0, 0.05) is 24.1 Å². The summed E-state index contributed by atoms with van der Waals surface area (Å²) in [4.78, 5) is 40.2. The van der Waals surface area contributed by atoms with Crippen molar-refractivity contribution in [3.63, 3.8) is 0 Å². The van der Waals surface area contributed by atoms with Gasteiger partial charge in [0.05, 0.1) is 5.69 Å². The first-order valence-electron chi connectivity index (χ1n) is 12.6. The fourth-order valence-corrected chi connectivity index (χ4v) is 6.15. The third-order valence-electron chi connectivity index (χ3n) is 7.68. The Morgan fingerprint density at radius 1 is 0.973 bits per heavy atom. The second kappa shape index (κ2) is 10.5. The van der Waals surface area contributed by atoms with Gasteiger partial charge < -0.3 is 20.0 Å². The second-order valence-electron chi connectivity index (χ2n) is 9.75. The van der Waals surface area contributed by atoms with Crippen LogP contribution in [-0.2, 0) is 20.9 Å². The van der Waals surface area contributed by atoms with Crippen LogP contribution in [0.15, 0.2) is 84.9 Å². The van der Waals surface area contributed by atoms with Crippen molar-refractivity contribution in [3.8, 4) is 0 Å². The minimum atomic E-state index is -1.58. The number of anilines is 2. The van der Waals surface area contributed by atoms with Gasteiger partial charge in [-0.2, -0.15) is 0 Å². The normalized spacial score (nSPS) is 21.7. The number of hydrogen-bond donors (Lipinski definition) is 2.